The van der Waals surface area contributed by atoms with Gasteiger partial charge in [-0.2, -0.15) is 0 Å². The molecule has 0 bridgehead atoms. The molecule has 0 aliphatic carbocycles. The smallest absolute Gasteiger partial charge is 0.268 e. The number of hydrogen-bond acceptors (Lipinski definition) is 2. The minimum absolute atomic E-state index is 0.0418. The van der Waals surface area contributed by atoms with Crippen molar-refractivity contribution in [1.29, 1.82) is 0 Å². The van der Waals surface area contributed by atoms with E-state index in [1.807, 2.05) is 60.7 Å². The van der Waals surface area contributed by atoms with Crippen LogP contribution in [-0.2, 0) is 15.2 Å². The lowest BCUT2D eigenvalue weighted by Crippen LogP contribution is -2.61. The lowest BCUT2D eigenvalue weighted by molar-refractivity contribution is -0.290. The van der Waals surface area contributed by atoms with Crippen LogP contribution in [0.3, 0.4) is 0 Å². The fourth-order valence-corrected chi connectivity index (χ4v) is 2.33. The van der Waals surface area contributed by atoms with Crippen LogP contribution in [0.25, 0.3) is 0 Å². The minimum atomic E-state index is -0.975. The zero-order chi connectivity index (χ0) is 12.6. The Hall–Kier alpha value is -2.13. The van der Waals surface area contributed by atoms with Crippen molar-refractivity contribution in [2.45, 2.75) is 5.60 Å². The quantitative estimate of drug-likeness (QED) is 0.805. The molecule has 2 aromatic carbocycles. The summed E-state index contributed by atoms with van der Waals surface area (Å²) < 4.78 is 0. The maximum absolute atomic E-state index is 12.3. The largest absolute Gasteiger partial charge is 0.290 e. The molecule has 1 amide bonds. The van der Waals surface area contributed by atoms with Gasteiger partial charge in [-0.3, -0.25) is 4.79 Å². The summed E-state index contributed by atoms with van der Waals surface area (Å²) in [6.45, 7) is 0. The summed E-state index contributed by atoms with van der Waals surface area (Å²) in [5.74, 6) is -0.0418. The first-order valence-electron chi connectivity index (χ1n) is 5.83. The van der Waals surface area contributed by atoms with Crippen LogP contribution in [0.15, 0.2) is 60.7 Å². The topological polar surface area (TPSA) is 29.5 Å². The molecule has 0 N–H and O–H groups in total. The highest BCUT2D eigenvalue weighted by Crippen LogP contribution is 2.42. The first-order chi connectivity index (χ1) is 8.75. The van der Waals surface area contributed by atoms with Crippen LogP contribution in [0.4, 0.5) is 0 Å². The van der Waals surface area contributed by atoms with E-state index in [0.717, 1.165) is 11.1 Å². The summed E-state index contributed by atoms with van der Waals surface area (Å²) >= 11 is 0. The van der Waals surface area contributed by atoms with E-state index in [-0.39, 0.29) is 5.91 Å². The number of rotatable bonds is 2. The number of hydrogen-bond donors (Lipinski definition) is 0. The predicted octanol–water partition coefficient (Wildman–Crippen LogP) is 2.33. The zero-order valence-corrected chi connectivity index (χ0v) is 10.0. The molecule has 18 heavy (non-hydrogen) atoms. The second-order valence-electron chi connectivity index (χ2n) is 4.31. The van der Waals surface area contributed by atoms with Crippen molar-refractivity contribution in [3.8, 4) is 0 Å². The van der Waals surface area contributed by atoms with Crippen molar-refractivity contribution < 1.29 is 9.63 Å². The molecule has 2 aromatic rings. The summed E-state index contributed by atoms with van der Waals surface area (Å²) in [5, 5.41) is 1.28. The summed E-state index contributed by atoms with van der Waals surface area (Å²) in [6.07, 6.45) is 0. The molecule has 1 heterocycles. The van der Waals surface area contributed by atoms with Gasteiger partial charge in [-0.15, -0.1) is 0 Å². The fourth-order valence-electron chi connectivity index (χ4n) is 2.33. The number of likely N-dealkylation sites (N-methyl/N-ethyl adjacent to an activating group) is 1. The van der Waals surface area contributed by atoms with Gasteiger partial charge in [0.25, 0.3) is 5.91 Å². The van der Waals surface area contributed by atoms with Gasteiger partial charge in [0.05, 0.1) is 0 Å². The minimum Gasteiger partial charge on any atom is -0.268 e. The van der Waals surface area contributed by atoms with Crippen LogP contribution < -0.4 is 0 Å². The second-order valence-corrected chi connectivity index (χ2v) is 4.31. The van der Waals surface area contributed by atoms with E-state index in [1.165, 1.54) is 5.06 Å². The van der Waals surface area contributed by atoms with E-state index < -0.39 is 5.60 Å². The Balaban J connectivity index is 2.16. The Labute approximate surface area is 106 Å². The molecule has 0 aromatic heterocycles. The van der Waals surface area contributed by atoms with Gasteiger partial charge in [0.2, 0.25) is 5.60 Å². The third-order valence-electron chi connectivity index (χ3n) is 3.22. The van der Waals surface area contributed by atoms with Gasteiger partial charge in [-0.05, 0) is 0 Å². The maximum atomic E-state index is 12.3. The van der Waals surface area contributed by atoms with Crippen molar-refractivity contribution in [1.82, 2.24) is 5.06 Å². The SMILES string of the molecule is CN1OC(c2ccccc2)(c2ccccc2)C1=O. The van der Waals surface area contributed by atoms with Crippen LogP contribution in [-0.4, -0.2) is 18.0 Å². The predicted molar refractivity (Wildman–Crippen MR) is 67.5 cm³/mol. The molecule has 1 saturated heterocycles. The van der Waals surface area contributed by atoms with Crippen molar-refractivity contribution in [3.05, 3.63) is 71.8 Å². The van der Waals surface area contributed by atoms with E-state index in [9.17, 15) is 4.79 Å². The summed E-state index contributed by atoms with van der Waals surface area (Å²) in [5.41, 5.74) is 0.746. The molecule has 0 atom stereocenters. The highest BCUT2D eigenvalue weighted by Gasteiger charge is 2.55. The van der Waals surface area contributed by atoms with Gasteiger partial charge in [0, 0.05) is 18.2 Å². The maximum Gasteiger partial charge on any atom is 0.290 e. The second kappa shape index (κ2) is 3.96. The Morgan fingerprint density at radius 3 is 1.67 bits per heavy atom. The lowest BCUT2D eigenvalue weighted by atomic mass is 9.83. The molecule has 1 aliphatic heterocycles. The third-order valence-corrected chi connectivity index (χ3v) is 3.22. The van der Waals surface area contributed by atoms with Crippen LogP contribution in [0.1, 0.15) is 11.1 Å². The highest BCUT2D eigenvalue weighted by atomic mass is 16.7. The number of benzene rings is 2. The van der Waals surface area contributed by atoms with E-state index in [1.54, 1.807) is 7.05 Å². The van der Waals surface area contributed by atoms with E-state index in [0.29, 0.717) is 0 Å². The highest BCUT2D eigenvalue weighted by molar-refractivity contribution is 5.93. The normalized spacial score (nSPS) is 17.4. The molecule has 0 saturated carbocycles. The van der Waals surface area contributed by atoms with Crippen molar-refractivity contribution in [2.75, 3.05) is 7.05 Å². The molecule has 0 spiro atoms. The van der Waals surface area contributed by atoms with Crippen LogP contribution in [0.2, 0.25) is 0 Å². The molecule has 3 rings (SSSR count). The van der Waals surface area contributed by atoms with Gasteiger partial charge in [0.1, 0.15) is 0 Å². The standard InChI is InChI=1S/C15H13NO2/c1-16-14(17)15(18-16,12-8-4-2-5-9-12)13-10-6-3-7-11-13/h2-11H,1H3. The monoisotopic (exact) mass is 239 g/mol. The van der Waals surface area contributed by atoms with Crippen molar-refractivity contribution in [3.63, 3.8) is 0 Å². The Morgan fingerprint density at radius 1 is 0.889 bits per heavy atom. The average molecular weight is 239 g/mol. The van der Waals surface area contributed by atoms with E-state index >= 15 is 0 Å². The molecular formula is C15H13NO2. The van der Waals surface area contributed by atoms with Gasteiger partial charge >= 0.3 is 0 Å². The van der Waals surface area contributed by atoms with Gasteiger partial charge < -0.3 is 0 Å². The third kappa shape index (κ3) is 1.38. The van der Waals surface area contributed by atoms with Gasteiger partial charge in [-0.25, -0.2) is 9.90 Å². The first kappa shape index (κ1) is 11.0. The van der Waals surface area contributed by atoms with Crippen LogP contribution in [0, 0.1) is 0 Å². The number of nitrogens with zero attached hydrogens (tertiary/aromatic N) is 1. The molecule has 0 unspecified atom stereocenters. The van der Waals surface area contributed by atoms with Crippen molar-refractivity contribution in [2.24, 2.45) is 0 Å². The summed E-state index contributed by atoms with van der Waals surface area (Å²) in [7, 11) is 1.63. The summed E-state index contributed by atoms with van der Waals surface area (Å²) in [6, 6.07) is 19.2. The number of amides is 1. The van der Waals surface area contributed by atoms with E-state index in [4.69, 9.17) is 4.84 Å². The Bertz CT molecular complexity index is 526. The molecule has 1 fully saturated rings. The number of hydroxylamine groups is 2. The average Bonchev–Trinajstić information content (AvgIpc) is 2.46. The Morgan fingerprint density at radius 2 is 1.33 bits per heavy atom. The molecular weight excluding hydrogens is 226 g/mol. The Kier molecular flexibility index (Phi) is 2.42. The zero-order valence-electron chi connectivity index (χ0n) is 10.0. The molecule has 1 aliphatic rings. The molecule has 3 nitrogen and oxygen atoms in total. The van der Waals surface area contributed by atoms with Crippen LogP contribution in [0.5, 0.6) is 0 Å². The molecule has 3 heteroatoms. The fraction of sp³-hybridized carbons (Fsp3) is 0.133. The van der Waals surface area contributed by atoms with E-state index in [2.05, 4.69) is 0 Å². The number of carbonyl (C=O) groups is 1. The molecule has 0 radical (unpaired) electrons. The molecule has 90 valence electrons. The van der Waals surface area contributed by atoms with Gasteiger partial charge in [-0.1, -0.05) is 60.7 Å². The van der Waals surface area contributed by atoms with Crippen LogP contribution >= 0.6 is 0 Å². The lowest BCUT2D eigenvalue weighted by Gasteiger charge is -2.46. The number of carbonyl (C=O) groups excluding carboxylic acids is 1. The van der Waals surface area contributed by atoms with Crippen molar-refractivity contribution >= 4 is 5.91 Å². The first-order valence-corrected chi connectivity index (χ1v) is 5.83. The van der Waals surface area contributed by atoms with Gasteiger partial charge in [0.15, 0.2) is 0 Å². The summed E-state index contributed by atoms with van der Waals surface area (Å²) in [4.78, 5) is 18.0.